The maximum absolute atomic E-state index is 12.0. The van der Waals surface area contributed by atoms with Crippen molar-refractivity contribution in [3.63, 3.8) is 0 Å². The van der Waals surface area contributed by atoms with Crippen molar-refractivity contribution in [3.05, 3.63) is 0 Å². The first-order valence-electron chi connectivity index (χ1n) is 6.42. The molecule has 2 N–H and O–H groups in total. The second-order valence-corrected chi connectivity index (χ2v) is 5.03. The highest BCUT2D eigenvalue weighted by Crippen LogP contribution is 2.19. The minimum atomic E-state index is -0.300. The van der Waals surface area contributed by atoms with E-state index in [4.69, 9.17) is 0 Å². The Morgan fingerprint density at radius 1 is 1.31 bits per heavy atom. The second-order valence-electron chi connectivity index (χ2n) is 5.03. The minimum Gasteiger partial charge on any atom is -0.391 e. The molecule has 2 fully saturated rings. The number of piperidine rings is 2. The quantitative estimate of drug-likeness (QED) is 0.715. The van der Waals surface area contributed by atoms with E-state index in [1.807, 2.05) is 4.90 Å². The normalized spacial score (nSPS) is 28.1. The Hall–Kier alpha value is -0.610. The van der Waals surface area contributed by atoms with E-state index in [-0.39, 0.29) is 12.0 Å². The molecule has 0 saturated carbocycles. The largest absolute Gasteiger partial charge is 0.391 e. The fourth-order valence-corrected chi connectivity index (χ4v) is 2.64. The zero-order valence-corrected chi connectivity index (χ0v) is 9.82. The van der Waals surface area contributed by atoms with Gasteiger partial charge in [0, 0.05) is 19.5 Å². The molecule has 0 bridgehead atoms. The molecule has 4 heteroatoms. The lowest BCUT2D eigenvalue weighted by Crippen LogP contribution is -2.43. The minimum absolute atomic E-state index is 0.241. The second kappa shape index (κ2) is 5.64. The summed E-state index contributed by atoms with van der Waals surface area (Å²) in [6.45, 7) is 3.46. The van der Waals surface area contributed by atoms with Crippen LogP contribution in [-0.4, -0.2) is 48.2 Å². The van der Waals surface area contributed by atoms with Crippen molar-refractivity contribution in [2.75, 3.05) is 26.2 Å². The van der Waals surface area contributed by atoms with Gasteiger partial charge in [0.2, 0.25) is 5.91 Å². The highest BCUT2D eigenvalue weighted by atomic mass is 16.3. The Bertz CT molecular complexity index is 239. The first-order valence-corrected chi connectivity index (χ1v) is 6.42. The molecule has 0 radical (unpaired) electrons. The summed E-state index contributed by atoms with van der Waals surface area (Å²) in [5.74, 6) is 0.790. The first kappa shape index (κ1) is 11.9. The Balaban J connectivity index is 1.77. The molecule has 92 valence electrons. The number of nitrogens with zero attached hydrogens (tertiary/aromatic N) is 1. The third-order valence-corrected chi connectivity index (χ3v) is 3.67. The lowest BCUT2D eigenvalue weighted by molar-refractivity contribution is -0.135. The number of carbonyl (C=O) groups is 1. The van der Waals surface area contributed by atoms with Crippen LogP contribution in [0.3, 0.4) is 0 Å². The summed E-state index contributed by atoms with van der Waals surface area (Å²) in [7, 11) is 0. The van der Waals surface area contributed by atoms with Crippen LogP contribution in [0.2, 0.25) is 0 Å². The Morgan fingerprint density at radius 2 is 2.06 bits per heavy atom. The van der Waals surface area contributed by atoms with Crippen LogP contribution in [0.15, 0.2) is 0 Å². The van der Waals surface area contributed by atoms with Gasteiger partial charge in [-0.1, -0.05) is 0 Å². The molecule has 0 aliphatic carbocycles. The van der Waals surface area contributed by atoms with E-state index in [0.717, 1.165) is 45.3 Å². The summed E-state index contributed by atoms with van der Waals surface area (Å²) in [4.78, 5) is 13.8. The third-order valence-electron chi connectivity index (χ3n) is 3.67. The molecule has 1 amide bonds. The predicted molar refractivity (Wildman–Crippen MR) is 62.0 cm³/mol. The van der Waals surface area contributed by atoms with E-state index >= 15 is 0 Å². The van der Waals surface area contributed by atoms with Gasteiger partial charge in [0.15, 0.2) is 0 Å². The molecule has 0 aromatic carbocycles. The summed E-state index contributed by atoms with van der Waals surface area (Å²) in [5.41, 5.74) is 0. The summed E-state index contributed by atoms with van der Waals surface area (Å²) >= 11 is 0. The summed E-state index contributed by atoms with van der Waals surface area (Å²) < 4.78 is 0. The van der Waals surface area contributed by atoms with Crippen LogP contribution in [0.5, 0.6) is 0 Å². The molecular weight excluding hydrogens is 204 g/mol. The average Bonchev–Trinajstić information content (AvgIpc) is 2.30. The molecule has 4 nitrogen and oxygen atoms in total. The van der Waals surface area contributed by atoms with Gasteiger partial charge >= 0.3 is 0 Å². The average molecular weight is 226 g/mol. The summed E-state index contributed by atoms with van der Waals surface area (Å²) in [6.07, 6.45) is 4.39. The van der Waals surface area contributed by atoms with E-state index in [9.17, 15) is 9.90 Å². The zero-order valence-electron chi connectivity index (χ0n) is 9.82. The fourth-order valence-electron chi connectivity index (χ4n) is 2.64. The maximum Gasteiger partial charge on any atom is 0.222 e. The van der Waals surface area contributed by atoms with Gasteiger partial charge in [0.25, 0.3) is 0 Å². The highest BCUT2D eigenvalue weighted by molar-refractivity contribution is 5.76. The molecule has 2 saturated heterocycles. The van der Waals surface area contributed by atoms with Crippen molar-refractivity contribution >= 4 is 5.91 Å². The van der Waals surface area contributed by atoms with Crippen LogP contribution in [0.25, 0.3) is 0 Å². The summed E-state index contributed by atoms with van der Waals surface area (Å²) in [6, 6.07) is 0. The monoisotopic (exact) mass is 226 g/mol. The topological polar surface area (TPSA) is 52.6 Å². The number of β-amino-alcohol motifs (C(OH)–C–C–N with tert-alkyl or cyclic N) is 1. The standard InChI is InChI=1S/C12H22N2O2/c15-11-2-1-7-14(9-11)12(16)8-10-3-5-13-6-4-10/h10-11,13,15H,1-9H2/t11-/m1/s1. The molecule has 2 aliphatic heterocycles. The van der Waals surface area contributed by atoms with Gasteiger partial charge in [0.05, 0.1) is 6.10 Å². The van der Waals surface area contributed by atoms with Crippen LogP contribution in [-0.2, 0) is 4.79 Å². The van der Waals surface area contributed by atoms with E-state index in [2.05, 4.69) is 5.32 Å². The van der Waals surface area contributed by atoms with Crippen LogP contribution < -0.4 is 5.32 Å². The predicted octanol–water partition coefficient (Wildman–Crippen LogP) is 0.359. The maximum atomic E-state index is 12.0. The number of hydrogen-bond acceptors (Lipinski definition) is 3. The Morgan fingerprint density at radius 3 is 2.75 bits per heavy atom. The van der Waals surface area contributed by atoms with Crippen molar-refractivity contribution in [1.82, 2.24) is 10.2 Å². The molecule has 2 heterocycles. The lowest BCUT2D eigenvalue weighted by Gasteiger charge is -2.32. The number of nitrogens with one attached hydrogen (secondary N) is 1. The SMILES string of the molecule is O=C(CC1CCNCC1)N1CCC[C@@H](O)C1. The number of amides is 1. The molecule has 0 aromatic rings. The Labute approximate surface area is 97.0 Å². The molecule has 0 spiro atoms. The zero-order chi connectivity index (χ0) is 11.4. The number of likely N-dealkylation sites (tertiary alicyclic amines) is 1. The summed E-state index contributed by atoms with van der Waals surface area (Å²) in [5, 5.41) is 12.8. The molecule has 1 atom stereocenters. The first-order chi connectivity index (χ1) is 7.75. The van der Waals surface area contributed by atoms with Gasteiger partial charge < -0.3 is 15.3 Å². The number of aliphatic hydroxyl groups excluding tert-OH is 1. The van der Waals surface area contributed by atoms with Gasteiger partial charge in [0.1, 0.15) is 0 Å². The van der Waals surface area contributed by atoms with E-state index in [0.29, 0.717) is 18.9 Å². The third kappa shape index (κ3) is 3.19. The van der Waals surface area contributed by atoms with Gasteiger partial charge in [-0.05, 0) is 44.7 Å². The molecule has 0 unspecified atom stereocenters. The van der Waals surface area contributed by atoms with Crippen molar-refractivity contribution in [3.8, 4) is 0 Å². The number of carbonyl (C=O) groups excluding carboxylic acids is 1. The Kier molecular flexibility index (Phi) is 4.18. The van der Waals surface area contributed by atoms with Crippen molar-refractivity contribution in [1.29, 1.82) is 0 Å². The number of rotatable bonds is 2. The highest BCUT2D eigenvalue weighted by Gasteiger charge is 2.24. The van der Waals surface area contributed by atoms with E-state index in [1.165, 1.54) is 0 Å². The van der Waals surface area contributed by atoms with Crippen molar-refractivity contribution < 1.29 is 9.90 Å². The molecule has 0 aromatic heterocycles. The van der Waals surface area contributed by atoms with E-state index < -0.39 is 0 Å². The van der Waals surface area contributed by atoms with E-state index in [1.54, 1.807) is 0 Å². The molecule has 16 heavy (non-hydrogen) atoms. The number of hydrogen-bond donors (Lipinski definition) is 2. The van der Waals surface area contributed by atoms with Crippen LogP contribution in [0, 0.1) is 5.92 Å². The molecule has 2 aliphatic rings. The van der Waals surface area contributed by atoms with Crippen LogP contribution in [0.1, 0.15) is 32.1 Å². The van der Waals surface area contributed by atoms with Gasteiger partial charge in [-0.2, -0.15) is 0 Å². The molecule has 2 rings (SSSR count). The smallest absolute Gasteiger partial charge is 0.222 e. The molecular formula is C12H22N2O2. The number of aliphatic hydroxyl groups is 1. The fraction of sp³-hybridized carbons (Fsp3) is 0.917. The van der Waals surface area contributed by atoms with Crippen molar-refractivity contribution in [2.24, 2.45) is 5.92 Å². The van der Waals surface area contributed by atoms with Crippen molar-refractivity contribution in [2.45, 2.75) is 38.2 Å². The lowest BCUT2D eigenvalue weighted by atomic mass is 9.93. The van der Waals surface area contributed by atoms with Crippen LogP contribution in [0.4, 0.5) is 0 Å². The van der Waals surface area contributed by atoms with Gasteiger partial charge in [-0.15, -0.1) is 0 Å². The van der Waals surface area contributed by atoms with Gasteiger partial charge in [-0.3, -0.25) is 4.79 Å². The van der Waals surface area contributed by atoms with Crippen LogP contribution >= 0.6 is 0 Å². The van der Waals surface area contributed by atoms with Gasteiger partial charge in [-0.25, -0.2) is 0 Å².